The molecule has 1 fully saturated rings. The van der Waals surface area contributed by atoms with Gasteiger partial charge in [0, 0.05) is 0 Å². The van der Waals surface area contributed by atoms with Crippen LogP contribution in [0.25, 0.3) is 0 Å². The van der Waals surface area contributed by atoms with Gasteiger partial charge in [0.2, 0.25) is 0 Å². The number of nitrogens with zero attached hydrogens (tertiary/aromatic N) is 2. The molecular weight excluding hydrogens is 187 g/mol. The lowest BCUT2D eigenvalue weighted by Gasteiger charge is -1.98. The molecule has 3 nitrogen and oxygen atoms in total. The smallest absolute Gasteiger partial charge is 0.139 e. The van der Waals surface area contributed by atoms with Gasteiger partial charge in [0.1, 0.15) is 22.7 Å². The second-order valence-corrected chi connectivity index (χ2v) is 2.91. The molecule has 1 aromatic rings. The Kier molecular flexibility index (Phi) is 1.71. The first kappa shape index (κ1) is 7.28. The summed E-state index contributed by atoms with van der Waals surface area (Å²) in [6.45, 7) is 0.660. The first-order valence-corrected chi connectivity index (χ1v) is 3.82. The molecule has 0 aromatic carbocycles. The molecule has 0 bridgehead atoms. The minimum atomic E-state index is 0.0104. The Balaban J connectivity index is 2.48. The summed E-state index contributed by atoms with van der Waals surface area (Å²) in [5, 5.41) is 0.764. The van der Waals surface area contributed by atoms with E-state index in [-0.39, 0.29) is 6.10 Å². The van der Waals surface area contributed by atoms with Gasteiger partial charge < -0.3 is 4.74 Å². The fraction of sp³-hybridized carbons (Fsp3) is 0.333. The summed E-state index contributed by atoms with van der Waals surface area (Å²) in [4.78, 5) is 7.58. The third kappa shape index (κ3) is 1.31. The Bertz CT molecular complexity index is 268. The van der Waals surface area contributed by atoms with Gasteiger partial charge in [-0.3, -0.25) is 0 Å². The van der Waals surface area contributed by atoms with Crippen molar-refractivity contribution in [2.75, 3.05) is 6.61 Å². The molecule has 0 N–H and O–H groups in total. The number of aromatic nitrogens is 2. The van der Waals surface area contributed by atoms with E-state index in [4.69, 9.17) is 27.9 Å². The zero-order valence-corrected chi connectivity index (χ0v) is 6.93. The molecule has 5 heteroatoms. The van der Waals surface area contributed by atoms with Crippen LogP contribution in [-0.4, -0.2) is 16.6 Å². The predicted molar refractivity (Wildman–Crippen MR) is 40.7 cm³/mol. The van der Waals surface area contributed by atoms with E-state index in [1.807, 2.05) is 0 Å². The largest absolute Gasteiger partial charge is 0.368 e. The highest BCUT2D eigenvalue weighted by Gasteiger charge is 2.30. The van der Waals surface area contributed by atoms with Crippen LogP contribution in [0.3, 0.4) is 0 Å². The van der Waals surface area contributed by atoms with Crippen LogP contribution in [0.2, 0.25) is 10.3 Å². The van der Waals surface area contributed by atoms with Gasteiger partial charge in [-0.1, -0.05) is 23.2 Å². The zero-order chi connectivity index (χ0) is 7.84. The quantitative estimate of drug-likeness (QED) is 0.502. The topological polar surface area (TPSA) is 38.3 Å². The molecule has 2 rings (SSSR count). The zero-order valence-electron chi connectivity index (χ0n) is 5.42. The summed E-state index contributed by atoms with van der Waals surface area (Å²) in [5.74, 6) is 0. The van der Waals surface area contributed by atoms with Crippen molar-refractivity contribution in [3.8, 4) is 0 Å². The van der Waals surface area contributed by atoms with E-state index in [2.05, 4.69) is 9.97 Å². The van der Waals surface area contributed by atoms with Gasteiger partial charge in [-0.15, -0.1) is 0 Å². The first-order chi connectivity index (χ1) is 5.29. The summed E-state index contributed by atoms with van der Waals surface area (Å²) in [5.41, 5.74) is 0.704. The standard InChI is InChI=1S/C6H4Cl2N2O/c7-5-4(3-1-11-3)6(8)10-2-9-5/h2-3H,1H2/t3-/m1/s1. The summed E-state index contributed by atoms with van der Waals surface area (Å²) in [6, 6.07) is 0. The Labute approximate surface area is 73.3 Å². The Hall–Kier alpha value is -0.380. The van der Waals surface area contributed by atoms with E-state index >= 15 is 0 Å². The molecule has 58 valence electrons. The minimum Gasteiger partial charge on any atom is -0.368 e. The number of hydrogen-bond acceptors (Lipinski definition) is 3. The number of ether oxygens (including phenoxy) is 1. The fourth-order valence-corrected chi connectivity index (χ4v) is 1.39. The highest BCUT2D eigenvalue weighted by Crippen LogP contribution is 2.37. The second-order valence-electron chi connectivity index (χ2n) is 2.19. The van der Waals surface area contributed by atoms with E-state index in [9.17, 15) is 0 Å². The summed E-state index contributed by atoms with van der Waals surface area (Å²) in [6.07, 6.45) is 1.34. The third-order valence-electron chi connectivity index (χ3n) is 1.44. The Morgan fingerprint density at radius 3 is 2.36 bits per heavy atom. The summed E-state index contributed by atoms with van der Waals surface area (Å²) in [7, 11) is 0. The molecule has 1 aliphatic heterocycles. The van der Waals surface area contributed by atoms with Gasteiger partial charge >= 0.3 is 0 Å². The van der Waals surface area contributed by atoms with E-state index in [1.54, 1.807) is 0 Å². The van der Waals surface area contributed by atoms with Crippen LogP contribution in [0.15, 0.2) is 6.33 Å². The molecule has 1 aliphatic rings. The number of hydrogen-bond donors (Lipinski definition) is 0. The third-order valence-corrected chi connectivity index (χ3v) is 2.04. The predicted octanol–water partition coefficient (Wildman–Crippen LogP) is 1.85. The number of epoxide rings is 1. The van der Waals surface area contributed by atoms with Gasteiger partial charge in [-0.25, -0.2) is 9.97 Å². The SMILES string of the molecule is Clc1ncnc(Cl)c1[C@H]1CO1. The van der Waals surface area contributed by atoms with Crippen LogP contribution in [0.4, 0.5) is 0 Å². The minimum absolute atomic E-state index is 0.0104. The lowest BCUT2D eigenvalue weighted by molar-refractivity contribution is 0.415. The van der Waals surface area contributed by atoms with E-state index in [1.165, 1.54) is 6.33 Å². The van der Waals surface area contributed by atoms with Crippen molar-refractivity contribution in [1.29, 1.82) is 0 Å². The van der Waals surface area contributed by atoms with Crippen molar-refractivity contribution in [2.45, 2.75) is 6.10 Å². The van der Waals surface area contributed by atoms with Crippen LogP contribution in [0.1, 0.15) is 11.7 Å². The van der Waals surface area contributed by atoms with Gasteiger partial charge in [0.25, 0.3) is 0 Å². The van der Waals surface area contributed by atoms with Crippen molar-refractivity contribution in [2.24, 2.45) is 0 Å². The molecule has 0 radical (unpaired) electrons. The van der Waals surface area contributed by atoms with Crippen LogP contribution < -0.4 is 0 Å². The highest BCUT2D eigenvalue weighted by atomic mass is 35.5. The maximum Gasteiger partial charge on any atom is 0.139 e. The number of rotatable bonds is 1. The molecule has 11 heavy (non-hydrogen) atoms. The van der Waals surface area contributed by atoms with Gasteiger partial charge in [-0.05, 0) is 0 Å². The molecule has 0 saturated carbocycles. The second kappa shape index (κ2) is 2.59. The van der Waals surface area contributed by atoms with E-state index in [0.29, 0.717) is 22.5 Å². The van der Waals surface area contributed by atoms with Crippen LogP contribution in [-0.2, 0) is 4.74 Å². The van der Waals surface area contributed by atoms with Crippen molar-refractivity contribution in [3.63, 3.8) is 0 Å². The average Bonchev–Trinajstić information content (AvgIpc) is 2.70. The molecule has 1 aromatic heterocycles. The van der Waals surface area contributed by atoms with Crippen LogP contribution in [0.5, 0.6) is 0 Å². The molecule has 1 saturated heterocycles. The van der Waals surface area contributed by atoms with Crippen molar-refractivity contribution < 1.29 is 4.74 Å². The van der Waals surface area contributed by atoms with E-state index in [0.717, 1.165) is 0 Å². The first-order valence-electron chi connectivity index (χ1n) is 3.06. The maximum atomic E-state index is 5.75. The number of halogens is 2. The fourth-order valence-electron chi connectivity index (χ4n) is 0.835. The van der Waals surface area contributed by atoms with Gasteiger partial charge in [0.05, 0.1) is 12.2 Å². The van der Waals surface area contributed by atoms with Gasteiger partial charge in [0.15, 0.2) is 0 Å². The van der Waals surface area contributed by atoms with Gasteiger partial charge in [-0.2, -0.15) is 0 Å². The average molecular weight is 191 g/mol. The Morgan fingerprint density at radius 1 is 1.36 bits per heavy atom. The van der Waals surface area contributed by atoms with Crippen molar-refractivity contribution >= 4 is 23.2 Å². The molecule has 0 amide bonds. The lowest BCUT2D eigenvalue weighted by Crippen LogP contribution is -1.90. The van der Waals surface area contributed by atoms with Crippen molar-refractivity contribution in [3.05, 3.63) is 22.2 Å². The van der Waals surface area contributed by atoms with E-state index < -0.39 is 0 Å². The molecule has 0 aliphatic carbocycles. The summed E-state index contributed by atoms with van der Waals surface area (Å²) >= 11 is 11.5. The molecule has 1 atom stereocenters. The van der Waals surface area contributed by atoms with Crippen LogP contribution >= 0.6 is 23.2 Å². The normalized spacial score (nSPS) is 21.8. The monoisotopic (exact) mass is 190 g/mol. The summed E-state index contributed by atoms with van der Waals surface area (Å²) < 4.78 is 5.01. The molecule has 2 heterocycles. The van der Waals surface area contributed by atoms with Crippen molar-refractivity contribution in [1.82, 2.24) is 9.97 Å². The highest BCUT2D eigenvalue weighted by molar-refractivity contribution is 6.34. The Morgan fingerprint density at radius 2 is 1.91 bits per heavy atom. The maximum absolute atomic E-state index is 5.75. The molecule has 0 spiro atoms. The lowest BCUT2D eigenvalue weighted by atomic mass is 10.3. The van der Waals surface area contributed by atoms with Crippen LogP contribution in [0, 0.1) is 0 Å². The molecular formula is C6H4Cl2N2O. The molecule has 0 unspecified atom stereocenters.